The second kappa shape index (κ2) is 8.95. The fourth-order valence-corrected chi connectivity index (χ4v) is 6.34. The predicted octanol–water partition coefficient (Wildman–Crippen LogP) is 3.69. The van der Waals surface area contributed by atoms with Gasteiger partial charge in [0, 0.05) is 38.4 Å². The lowest BCUT2D eigenvalue weighted by molar-refractivity contribution is -0.141. The summed E-state index contributed by atoms with van der Waals surface area (Å²) in [5.41, 5.74) is -0.104. The summed E-state index contributed by atoms with van der Waals surface area (Å²) in [4.78, 5) is 27.0. The smallest absolute Gasteiger partial charge is 0.338 e. The number of hydrazine groups is 1. The van der Waals surface area contributed by atoms with E-state index in [0.717, 1.165) is 0 Å². The number of benzene rings is 1. The topological polar surface area (TPSA) is 82.9 Å². The van der Waals surface area contributed by atoms with Crippen LogP contribution in [0.1, 0.15) is 60.2 Å². The zero-order valence-electron chi connectivity index (χ0n) is 21.5. The van der Waals surface area contributed by atoms with Gasteiger partial charge in [-0.05, 0) is 70.0 Å². The van der Waals surface area contributed by atoms with Crippen molar-refractivity contribution in [3.8, 4) is 0 Å². The fraction of sp³-hybridized carbons (Fsp3) is 0.520. The molecule has 1 aromatic heterocycles. The first-order valence-electron chi connectivity index (χ1n) is 11.9. The summed E-state index contributed by atoms with van der Waals surface area (Å²) >= 11 is 0. The highest BCUT2D eigenvalue weighted by atomic mass is 32.2. The van der Waals surface area contributed by atoms with Crippen molar-refractivity contribution in [2.45, 2.75) is 61.6 Å². The molecule has 37 heavy (non-hydrogen) atoms. The van der Waals surface area contributed by atoms with Crippen molar-refractivity contribution in [2.24, 2.45) is 0 Å². The summed E-state index contributed by atoms with van der Waals surface area (Å²) in [6.07, 6.45) is -4.08. The van der Waals surface area contributed by atoms with E-state index in [1.165, 1.54) is 34.9 Å². The Labute approximate surface area is 214 Å². The highest BCUT2D eigenvalue weighted by Crippen LogP contribution is 2.43. The van der Waals surface area contributed by atoms with Crippen LogP contribution in [-0.4, -0.2) is 77.7 Å². The normalized spacial score (nSPS) is 19.2. The van der Waals surface area contributed by atoms with Crippen LogP contribution in [0.2, 0.25) is 0 Å². The van der Waals surface area contributed by atoms with Gasteiger partial charge in [-0.3, -0.25) is 9.59 Å². The molecule has 4 rings (SSSR count). The highest BCUT2D eigenvalue weighted by Gasteiger charge is 2.49. The van der Waals surface area contributed by atoms with Crippen LogP contribution in [0.25, 0.3) is 0 Å². The van der Waals surface area contributed by atoms with E-state index < -0.39 is 37.8 Å². The van der Waals surface area contributed by atoms with Crippen LogP contribution in [0.3, 0.4) is 0 Å². The molecule has 3 heterocycles. The zero-order valence-corrected chi connectivity index (χ0v) is 22.3. The monoisotopic (exact) mass is 540 g/mol. The number of nitrogens with zero attached hydrogens (tertiary/aromatic N) is 4. The van der Waals surface area contributed by atoms with E-state index in [1.807, 2.05) is 12.1 Å². The number of ketones is 1. The number of hydrogen-bond acceptors (Lipinski definition) is 6. The molecule has 2 aromatic rings. The highest BCUT2D eigenvalue weighted by molar-refractivity contribution is 7.92. The van der Waals surface area contributed by atoms with Gasteiger partial charge in [0.25, 0.3) is 11.7 Å². The van der Waals surface area contributed by atoms with E-state index in [2.05, 4.69) is 0 Å². The summed E-state index contributed by atoms with van der Waals surface area (Å²) in [5, 5.41) is 3.74. The number of alkyl halides is 3. The van der Waals surface area contributed by atoms with Crippen LogP contribution in [0.15, 0.2) is 41.3 Å². The number of rotatable bonds is 3. The molecule has 0 aliphatic carbocycles. The van der Waals surface area contributed by atoms with Gasteiger partial charge >= 0.3 is 6.18 Å². The molecule has 202 valence electrons. The lowest BCUT2D eigenvalue weighted by Gasteiger charge is -2.53. The maximum atomic E-state index is 13.2. The molecule has 0 unspecified atom stereocenters. The third-order valence-electron chi connectivity index (χ3n) is 7.52. The molecule has 12 heteroatoms. The number of halogens is 3. The maximum absolute atomic E-state index is 13.2. The minimum atomic E-state index is -4.97. The molecule has 1 saturated heterocycles. The van der Waals surface area contributed by atoms with Crippen molar-refractivity contribution in [1.29, 1.82) is 0 Å². The lowest BCUT2D eigenvalue weighted by Crippen LogP contribution is -2.61. The Bertz CT molecular complexity index is 1320. The maximum Gasteiger partial charge on any atom is 0.456 e. The van der Waals surface area contributed by atoms with Gasteiger partial charge in [-0.25, -0.2) is 18.4 Å². The van der Waals surface area contributed by atoms with Gasteiger partial charge in [0.2, 0.25) is 0 Å². The van der Waals surface area contributed by atoms with Crippen LogP contribution in [0.5, 0.6) is 0 Å². The Balaban J connectivity index is 1.56. The number of likely N-dealkylation sites (tertiary alicyclic amines) is 1. The average molecular weight is 541 g/mol. The summed E-state index contributed by atoms with van der Waals surface area (Å²) in [5.74, 6) is -2.12. The molecule has 0 bridgehead atoms. The van der Waals surface area contributed by atoms with Gasteiger partial charge in [-0.1, -0.05) is 0 Å². The molecule has 1 fully saturated rings. The van der Waals surface area contributed by atoms with Crippen molar-refractivity contribution in [1.82, 2.24) is 19.5 Å². The quantitative estimate of drug-likeness (QED) is 0.553. The number of amides is 1. The van der Waals surface area contributed by atoms with Gasteiger partial charge in [-0.15, -0.1) is 0 Å². The first-order valence-corrected chi connectivity index (χ1v) is 13.4. The van der Waals surface area contributed by atoms with E-state index in [4.69, 9.17) is 0 Å². The lowest BCUT2D eigenvalue weighted by atomic mass is 9.82. The van der Waals surface area contributed by atoms with E-state index in [-0.39, 0.29) is 17.5 Å². The summed E-state index contributed by atoms with van der Waals surface area (Å²) < 4.78 is 65.3. The Hall–Kier alpha value is -2.70. The molecular formula is C25H31F3N4O4S. The SMILES string of the molecule is CN1Cn2c(C(=O)C(F)(F)F)ccc2C2(CCN(C(=O)c3ccc(S(=O)(=O)C(C)(C)C)cc3)CC2)N1C. The average Bonchev–Trinajstić information content (AvgIpc) is 3.25. The second-order valence-electron chi connectivity index (χ2n) is 10.6. The van der Waals surface area contributed by atoms with Crippen LogP contribution < -0.4 is 0 Å². The summed E-state index contributed by atoms with van der Waals surface area (Å²) in [7, 11) is 0.0546. The molecule has 1 aromatic carbocycles. The van der Waals surface area contributed by atoms with Gasteiger partial charge in [0.05, 0.1) is 27.5 Å². The largest absolute Gasteiger partial charge is 0.456 e. The predicted molar refractivity (Wildman–Crippen MR) is 131 cm³/mol. The molecule has 1 amide bonds. The second-order valence-corrected chi connectivity index (χ2v) is 13.3. The van der Waals surface area contributed by atoms with Crippen molar-refractivity contribution in [3.63, 3.8) is 0 Å². The first-order chi connectivity index (χ1) is 17.0. The number of carbonyl (C=O) groups excluding carboxylic acids is 2. The number of Topliss-reactive ketones (excluding diaryl/α,β-unsaturated/α-hetero) is 1. The number of carbonyl (C=O) groups is 2. The molecule has 1 spiro atoms. The Morgan fingerprint density at radius 1 is 0.919 bits per heavy atom. The molecular weight excluding hydrogens is 509 g/mol. The van der Waals surface area contributed by atoms with Crippen LogP contribution >= 0.6 is 0 Å². The van der Waals surface area contributed by atoms with Gasteiger partial charge < -0.3 is 9.47 Å². The van der Waals surface area contributed by atoms with Crippen molar-refractivity contribution >= 4 is 21.5 Å². The molecule has 0 radical (unpaired) electrons. The van der Waals surface area contributed by atoms with E-state index >= 15 is 0 Å². The molecule has 0 saturated carbocycles. The third kappa shape index (κ3) is 4.48. The van der Waals surface area contributed by atoms with Crippen molar-refractivity contribution in [3.05, 3.63) is 53.3 Å². The van der Waals surface area contributed by atoms with Gasteiger partial charge in [0.15, 0.2) is 9.84 Å². The van der Waals surface area contributed by atoms with E-state index in [9.17, 15) is 31.2 Å². The molecule has 8 nitrogen and oxygen atoms in total. The van der Waals surface area contributed by atoms with Crippen LogP contribution in [0, 0.1) is 0 Å². The zero-order chi connectivity index (χ0) is 27.6. The van der Waals surface area contributed by atoms with E-state index in [1.54, 1.807) is 43.8 Å². The number of piperidine rings is 1. The summed E-state index contributed by atoms with van der Waals surface area (Å²) in [6, 6.07) is 8.70. The van der Waals surface area contributed by atoms with Crippen molar-refractivity contribution < 1.29 is 31.2 Å². The molecule has 0 N–H and O–H groups in total. The van der Waals surface area contributed by atoms with Crippen molar-refractivity contribution in [2.75, 3.05) is 27.2 Å². The Morgan fingerprint density at radius 2 is 1.49 bits per heavy atom. The fourth-order valence-electron chi connectivity index (χ4n) is 5.13. The Morgan fingerprint density at radius 3 is 2.00 bits per heavy atom. The third-order valence-corrected chi connectivity index (χ3v) is 10.0. The van der Waals surface area contributed by atoms with Gasteiger partial charge in [0.1, 0.15) is 0 Å². The number of aromatic nitrogens is 1. The van der Waals surface area contributed by atoms with Crippen LogP contribution in [-0.2, 0) is 22.0 Å². The molecule has 2 aliphatic heterocycles. The van der Waals surface area contributed by atoms with E-state index in [0.29, 0.717) is 37.2 Å². The van der Waals surface area contributed by atoms with Gasteiger partial charge in [-0.2, -0.15) is 13.2 Å². The minimum absolute atomic E-state index is 0.101. The van der Waals surface area contributed by atoms with Crippen LogP contribution in [0.4, 0.5) is 13.2 Å². The number of sulfone groups is 1. The standard InChI is InChI=1S/C25H31F3N4O4S/c1-23(2,3)37(35,36)18-8-6-17(7-9-18)22(34)31-14-12-24(13-15-31)20-11-10-19(21(33)25(26,27)28)32(20)16-29(4)30(24)5/h6-11H,12-16H2,1-5H3. The molecule has 2 aliphatic rings. The molecule has 0 atom stereocenters. The minimum Gasteiger partial charge on any atom is -0.338 e. The first kappa shape index (κ1) is 27.3. The Kier molecular flexibility index (Phi) is 6.61. The number of hydrogen-bond donors (Lipinski definition) is 0. The summed E-state index contributed by atoms with van der Waals surface area (Å²) in [6.45, 7) is 5.62. The number of fused-ring (bicyclic) bond motifs is 2.